The molecule has 24 heavy (non-hydrogen) atoms. The number of thiazole rings is 1. The molecule has 8 heteroatoms. The number of benzene rings is 1. The van der Waals surface area contributed by atoms with Gasteiger partial charge in [-0.2, -0.15) is 0 Å². The van der Waals surface area contributed by atoms with E-state index < -0.39 is 0 Å². The number of carbonyl (C=O) groups excluding carboxylic acids is 1. The molecule has 1 amide bonds. The molecule has 1 N–H and O–H groups in total. The van der Waals surface area contributed by atoms with Crippen molar-refractivity contribution in [2.75, 3.05) is 19.6 Å². The molecule has 0 saturated carbocycles. The maximum absolute atomic E-state index is 13.0. The summed E-state index contributed by atoms with van der Waals surface area (Å²) in [6, 6.07) is 6.37. The van der Waals surface area contributed by atoms with Crippen molar-refractivity contribution in [1.29, 1.82) is 0 Å². The molecular formula is C16H20Cl2FN3OS. The van der Waals surface area contributed by atoms with Crippen molar-refractivity contribution in [2.24, 2.45) is 0 Å². The van der Waals surface area contributed by atoms with Gasteiger partial charge in [-0.3, -0.25) is 4.79 Å². The Kier molecular flexibility index (Phi) is 7.60. The van der Waals surface area contributed by atoms with Crippen molar-refractivity contribution in [2.45, 2.75) is 19.9 Å². The van der Waals surface area contributed by atoms with Gasteiger partial charge in [0.2, 0.25) is 0 Å². The number of rotatable bonds is 2. The van der Waals surface area contributed by atoms with Crippen LogP contribution in [0.5, 0.6) is 0 Å². The van der Waals surface area contributed by atoms with Crippen LogP contribution in [0.15, 0.2) is 24.3 Å². The van der Waals surface area contributed by atoms with Crippen LogP contribution in [0.25, 0.3) is 10.6 Å². The topological polar surface area (TPSA) is 45.2 Å². The Morgan fingerprint density at radius 3 is 2.62 bits per heavy atom. The minimum Gasteiger partial charge on any atom is -0.333 e. The molecule has 0 unspecified atom stereocenters. The second kappa shape index (κ2) is 8.76. The predicted octanol–water partition coefficient (Wildman–Crippen LogP) is 3.54. The molecule has 0 bridgehead atoms. The van der Waals surface area contributed by atoms with Gasteiger partial charge in [0, 0.05) is 31.2 Å². The number of carbonyl (C=O) groups is 1. The van der Waals surface area contributed by atoms with Crippen LogP contribution in [-0.2, 0) is 0 Å². The lowest BCUT2D eigenvalue weighted by molar-refractivity contribution is 0.0660. The smallest absolute Gasteiger partial charge is 0.266 e. The minimum atomic E-state index is -0.275. The summed E-state index contributed by atoms with van der Waals surface area (Å²) in [5.74, 6) is -0.236. The summed E-state index contributed by atoms with van der Waals surface area (Å²) in [4.78, 5) is 19.8. The Morgan fingerprint density at radius 1 is 1.33 bits per heavy atom. The van der Waals surface area contributed by atoms with Crippen LogP contribution in [0.1, 0.15) is 22.3 Å². The fourth-order valence-corrected chi connectivity index (χ4v) is 3.61. The molecule has 1 aliphatic heterocycles. The van der Waals surface area contributed by atoms with Crippen LogP contribution in [0.3, 0.4) is 0 Å². The van der Waals surface area contributed by atoms with E-state index in [9.17, 15) is 9.18 Å². The number of hydrogen-bond donors (Lipinski definition) is 1. The second-order valence-corrected chi connectivity index (χ2v) is 6.49. The van der Waals surface area contributed by atoms with E-state index in [0.29, 0.717) is 11.4 Å². The number of piperazine rings is 1. The average Bonchev–Trinajstić information content (AvgIpc) is 2.90. The summed E-state index contributed by atoms with van der Waals surface area (Å²) in [6.07, 6.45) is 0. The third kappa shape index (κ3) is 4.25. The molecule has 0 spiro atoms. The Morgan fingerprint density at radius 2 is 2.00 bits per heavy atom. The van der Waals surface area contributed by atoms with Gasteiger partial charge in [0.05, 0.1) is 5.69 Å². The lowest BCUT2D eigenvalue weighted by atomic mass is 10.2. The highest BCUT2D eigenvalue weighted by molar-refractivity contribution is 7.17. The molecule has 1 aliphatic rings. The van der Waals surface area contributed by atoms with Crippen molar-refractivity contribution in [3.8, 4) is 10.6 Å². The maximum atomic E-state index is 13.0. The van der Waals surface area contributed by atoms with Crippen LogP contribution in [0, 0.1) is 12.7 Å². The van der Waals surface area contributed by atoms with Gasteiger partial charge in [0.25, 0.3) is 5.91 Å². The van der Waals surface area contributed by atoms with E-state index in [1.165, 1.54) is 23.5 Å². The van der Waals surface area contributed by atoms with Gasteiger partial charge >= 0.3 is 0 Å². The first kappa shape index (κ1) is 20.8. The highest BCUT2D eigenvalue weighted by Gasteiger charge is 2.27. The van der Waals surface area contributed by atoms with Gasteiger partial charge < -0.3 is 10.2 Å². The first-order valence-corrected chi connectivity index (χ1v) is 8.13. The number of nitrogens with zero attached hydrogens (tertiary/aromatic N) is 2. The zero-order valence-corrected chi connectivity index (χ0v) is 15.9. The monoisotopic (exact) mass is 391 g/mol. The van der Waals surface area contributed by atoms with E-state index >= 15 is 0 Å². The zero-order valence-electron chi connectivity index (χ0n) is 13.4. The number of aryl methyl sites for hydroxylation is 1. The second-order valence-electron chi connectivity index (χ2n) is 5.49. The fourth-order valence-electron chi connectivity index (χ4n) is 2.58. The summed E-state index contributed by atoms with van der Waals surface area (Å²) in [7, 11) is 0. The van der Waals surface area contributed by atoms with E-state index in [1.807, 2.05) is 18.7 Å². The van der Waals surface area contributed by atoms with E-state index in [2.05, 4.69) is 10.3 Å². The Labute approximate surface area is 157 Å². The minimum absolute atomic E-state index is 0. The standard InChI is InChI=1S/C16H18FN3OS.2ClH/c1-10-9-18-7-8-20(10)16(21)14-11(2)19-15(22-14)12-3-5-13(17)6-4-12;;/h3-6,10,18H,7-9H2,1-2H3;2*1H/t10-;;/m0../s1. The summed E-state index contributed by atoms with van der Waals surface area (Å²) in [5.41, 5.74) is 1.57. The van der Waals surface area contributed by atoms with Crippen LogP contribution in [-0.4, -0.2) is 41.5 Å². The molecule has 132 valence electrons. The summed E-state index contributed by atoms with van der Waals surface area (Å²) in [5, 5.41) is 4.03. The van der Waals surface area contributed by atoms with Crippen LogP contribution in [0.2, 0.25) is 0 Å². The van der Waals surface area contributed by atoms with E-state index in [-0.39, 0.29) is 42.6 Å². The first-order valence-electron chi connectivity index (χ1n) is 7.31. The van der Waals surface area contributed by atoms with E-state index in [4.69, 9.17) is 0 Å². The average molecular weight is 392 g/mol. The summed E-state index contributed by atoms with van der Waals surface area (Å²) in [6.45, 7) is 6.24. The Balaban J connectivity index is 0.00000144. The molecule has 2 aromatic rings. The van der Waals surface area contributed by atoms with Gasteiger partial charge in [0.15, 0.2) is 0 Å². The Bertz CT molecular complexity index is 693. The van der Waals surface area contributed by atoms with Crippen molar-refractivity contribution in [3.63, 3.8) is 0 Å². The van der Waals surface area contributed by atoms with Crippen LogP contribution < -0.4 is 5.32 Å². The maximum Gasteiger partial charge on any atom is 0.266 e. The van der Waals surface area contributed by atoms with Crippen molar-refractivity contribution < 1.29 is 9.18 Å². The van der Waals surface area contributed by atoms with Crippen LogP contribution in [0.4, 0.5) is 4.39 Å². The zero-order chi connectivity index (χ0) is 15.7. The van der Waals surface area contributed by atoms with Gasteiger partial charge in [0.1, 0.15) is 15.7 Å². The third-order valence-corrected chi connectivity index (χ3v) is 5.04. The molecule has 1 atom stereocenters. The molecule has 2 heterocycles. The fraction of sp³-hybridized carbons (Fsp3) is 0.375. The number of amides is 1. The number of nitrogens with one attached hydrogen (secondary N) is 1. The van der Waals surface area contributed by atoms with Crippen LogP contribution >= 0.6 is 36.2 Å². The predicted molar refractivity (Wildman–Crippen MR) is 100 cm³/mol. The number of hydrogen-bond acceptors (Lipinski definition) is 4. The highest BCUT2D eigenvalue weighted by Crippen LogP contribution is 2.29. The summed E-state index contributed by atoms with van der Waals surface area (Å²) >= 11 is 1.38. The molecule has 1 aromatic heterocycles. The first-order chi connectivity index (χ1) is 10.6. The van der Waals surface area contributed by atoms with Gasteiger partial charge in [-0.1, -0.05) is 0 Å². The number of halogens is 3. The molecule has 1 saturated heterocycles. The number of aromatic nitrogens is 1. The van der Waals surface area contributed by atoms with E-state index in [0.717, 1.165) is 29.4 Å². The Hall–Kier alpha value is -1.21. The molecular weight excluding hydrogens is 372 g/mol. The van der Waals surface area contributed by atoms with Gasteiger partial charge in [-0.05, 0) is 38.1 Å². The molecule has 3 rings (SSSR count). The SMILES string of the molecule is Cc1nc(-c2ccc(F)cc2)sc1C(=O)N1CCNC[C@@H]1C.Cl.Cl. The summed E-state index contributed by atoms with van der Waals surface area (Å²) < 4.78 is 13.0. The largest absolute Gasteiger partial charge is 0.333 e. The van der Waals surface area contributed by atoms with Crippen molar-refractivity contribution in [3.05, 3.63) is 40.7 Å². The molecule has 1 aromatic carbocycles. The lowest BCUT2D eigenvalue weighted by Gasteiger charge is -2.33. The highest BCUT2D eigenvalue weighted by atomic mass is 35.5. The van der Waals surface area contributed by atoms with Crippen molar-refractivity contribution in [1.82, 2.24) is 15.2 Å². The quantitative estimate of drug-likeness (QED) is 0.851. The molecule has 4 nitrogen and oxygen atoms in total. The van der Waals surface area contributed by atoms with E-state index in [1.54, 1.807) is 12.1 Å². The van der Waals surface area contributed by atoms with Gasteiger partial charge in [-0.15, -0.1) is 36.2 Å². The third-order valence-electron chi connectivity index (χ3n) is 3.84. The molecule has 0 radical (unpaired) electrons. The molecule has 0 aliphatic carbocycles. The normalized spacial score (nSPS) is 17.0. The molecule has 1 fully saturated rings. The lowest BCUT2D eigenvalue weighted by Crippen LogP contribution is -2.52. The van der Waals surface area contributed by atoms with Gasteiger partial charge in [-0.25, -0.2) is 9.37 Å². The van der Waals surface area contributed by atoms with Crippen molar-refractivity contribution >= 4 is 42.1 Å².